The standard InChI is InChI=1S/C22H21F2N3O3/c1-13-4-5-14(2)27(13)26-22(29)16-6-9-18(10-7-16)30-15(3)21(28)25-20-11-8-17(23)12-19(20)24/h4-12,15H,1-3H3,(H,25,28)(H,26,29)/t15-/m1/s1. The molecule has 0 aliphatic carbocycles. The van der Waals surface area contributed by atoms with Gasteiger partial charge in [-0.1, -0.05) is 0 Å². The van der Waals surface area contributed by atoms with Crippen LogP contribution < -0.4 is 15.5 Å². The fourth-order valence-corrected chi connectivity index (χ4v) is 2.78. The summed E-state index contributed by atoms with van der Waals surface area (Å²) < 4.78 is 33.9. The molecule has 1 heterocycles. The molecular weight excluding hydrogens is 392 g/mol. The van der Waals surface area contributed by atoms with E-state index in [1.807, 2.05) is 26.0 Å². The fourth-order valence-electron chi connectivity index (χ4n) is 2.78. The fraction of sp³-hybridized carbons (Fsp3) is 0.182. The lowest BCUT2D eigenvalue weighted by Gasteiger charge is -2.15. The van der Waals surface area contributed by atoms with E-state index in [0.717, 1.165) is 23.5 Å². The van der Waals surface area contributed by atoms with Gasteiger partial charge in [-0.3, -0.25) is 19.7 Å². The van der Waals surface area contributed by atoms with Gasteiger partial charge in [0.15, 0.2) is 6.10 Å². The summed E-state index contributed by atoms with van der Waals surface area (Å²) in [6, 6.07) is 12.9. The molecule has 1 atom stereocenters. The molecule has 0 saturated heterocycles. The van der Waals surface area contributed by atoms with Crippen molar-refractivity contribution < 1.29 is 23.1 Å². The van der Waals surface area contributed by atoms with E-state index >= 15 is 0 Å². The average molecular weight is 413 g/mol. The maximum atomic E-state index is 13.7. The molecule has 0 aliphatic heterocycles. The van der Waals surface area contributed by atoms with E-state index in [2.05, 4.69) is 10.7 Å². The molecule has 0 saturated carbocycles. The lowest BCUT2D eigenvalue weighted by molar-refractivity contribution is -0.122. The number of carbonyl (C=O) groups excluding carboxylic acids is 2. The van der Waals surface area contributed by atoms with Gasteiger partial charge in [-0.2, -0.15) is 0 Å². The lowest BCUT2D eigenvalue weighted by Crippen LogP contribution is -2.30. The topological polar surface area (TPSA) is 72.4 Å². The van der Waals surface area contributed by atoms with E-state index in [1.165, 1.54) is 6.92 Å². The smallest absolute Gasteiger partial charge is 0.270 e. The van der Waals surface area contributed by atoms with Crippen LogP contribution >= 0.6 is 0 Å². The first-order valence-corrected chi connectivity index (χ1v) is 9.23. The third kappa shape index (κ3) is 4.83. The van der Waals surface area contributed by atoms with E-state index < -0.39 is 23.6 Å². The van der Waals surface area contributed by atoms with Crippen LogP contribution in [-0.2, 0) is 4.79 Å². The molecule has 3 aromatic rings. The molecule has 3 rings (SSSR count). The number of halogens is 2. The second-order valence-electron chi connectivity index (χ2n) is 6.79. The van der Waals surface area contributed by atoms with Gasteiger partial charge in [0, 0.05) is 23.0 Å². The summed E-state index contributed by atoms with van der Waals surface area (Å²) in [7, 11) is 0. The second kappa shape index (κ2) is 8.77. The average Bonchev–Trinajstić information content (AvgIpc) is 3.02. The largest absolute Gasteiger partial charge is 0.481 e. The Morgan fingerprint density at radius 3 is 2.20 bits per heavy atom. The van der Waals surface area contributed by atoms with Crippen LogP contribution in [0.4, 0.5) is 14.5 Å². The molecule has 1 aromatic heterocycles. The van der Waals surface area contributed by atoms with E-state index in [-0.39, 0.29) is 11.6 Å². The quantitative estimate of drug-likeness (QED) is 0.637. The maximum Gasteiger partial charge on any atom is 0.270 e. The van der Waals surface area contributed by atoms with Gasteiger partial charge in [0.1, 0.15) is 17.4 Å². The number of ether oxygens (including phenoxy) is 1. The molecular formula is C22H21F2N3O3. The van der Waals surface area contributed by atoms with Crippen molar-refractivity contribution in [3.63, 3.8) is 0 Å². The Morgan fingerprint density at radius 2 is 1.60 bits per heavy atom. The molecule has 0 fully saturated rings. The van der Waals surface area contributed by atoms with Crippen molar-refractivity contribution in [2.75, 3.05) is 10.7 Å². The molecule has 2 N–H and O–H groups in total. The van der Waals surface area contributed by atoms with Gasteiger partial charge in [0.25, 0.3) is 11.8 Å². The molecule has 0 radical (unpaired) electrons. The predicted molar refractivity (Wildman–Crippen MR) is 109 cm³/mol. The highest BCUT2D eigenvalue weighted by molar-refractivity contribution is 6.00. The minimum Gasteiger partial charge on any atom is -0.481 e. The second-order valence-corrected chi connectivity index (χ2v) is 6.79. The van der Waals surface area contributed by atoms with Crippen LogP contribution in [0.5, 0.6) is 5.75 Å². The molecule has 0 unspecified atom stereocenters. The van der Waals surface area contributed by atoms with Crippen molar-refractivity contribution in [2.45, 2.75) is 26.9 Å². The van der Waals surface area contributed by atoms with Gasteiger partial charge in [0.2, 0.25) is 0 Å². The molecule has 156 valence electrons. The van der Waals surface area contributed by atoms with Gasteiger partial charge >= 0.3 is 0 Å². The number of hydrogen-bond acceptors (Lipinski definition) is 3. The highest BCUT2D eigenvalue weighted by Gasteiger charge is 2.17. The minimum absolute atomic E-state index is 0.139. The van der Waals surface area contributed by atoms with Gasteiger partial charge in [0.05, 0.1) is 5.69 Å². The van der Waals surface area contributed by atoms with Crippen LogP contribution in [0.15, 0.2) is 54.6 Å². The Labute approximate surface area is 172 Å². The highest BCUT2D eigenvalue weighted by Crippen LogP contribution is 2.18. The van der Waals surface area contributed by atoms with Gasteiger partial charge in [-0.25, -0.2) is 8.78 Å². The van der Waals surface area contributed by atoms with Crippen molar-refractivity contribution in [3.05, 3.63) is 83.2 Å². The summed E-state index contributed by atoms with van der Waals surface area (Å²) >= 11 is 0. The minimum atomic E-state index is -0.945. The van der Waals surface area contributed by atoms with Crippen LogP contribution in [-0.4, -0.2) is 22.6 Å². The summed E-state index contributed by atoms with van der Waals surface area (Å²) in [5.41, 5.74) is 4.88. The number of nitrogens with one attached hydrogen (secondary N) is 2. The lowest BCUT2D eigenvalue weighted by atomic mass is 10.2. The molecule has 6 nitrogen and oxygen atoms in total. The summed E-state index contributed by atoms with van der Waals surface area (Å²) in [6.07, 6.45) is -0.945. The third-order valence-corrected chi connectivity index (χ3v) is 4.47. The van der Waals surface area contributed by atoms with Crippen LogP contribution in [0.25, 0.3) is 0 Å². The molecule has 8 heteroatoms. The third-order valence-electron chi connectivity index (χ3n) is 4.47. The zero-order valence-electron chi connectivity index (χ0n) is 16.7. The molecule has 0 bridgehead atoms. The molecule has 0 spiro atoms. The predicted octanol–water partition coefficient (Wildman–Crippen LogP) is 4.17. The van der Waals surface area contributed by atoms with Crippen LogP contribution in [0, 0.1) is 25.5 Å². The van der Waals surface area contributed by atoms with Crippen molar-refractivity contribution in [3.8, 4) is 5.75 Å². The molecule has 2 aromatic carbocycles. The zero-order chi connectivity index (χ0) is 21.8. The summed E-state index contributed by atoms with van der Waals surface area (Å²) in [6.45, 7) is 5.26. The van der Waals surface area contributed by atoms with Crippen molar-refractivity contribution in [2.24, 2.45) is 0 Å². The monoisotopic (exact) mass is 413 g/mol. The summed E-state index contributed by atoms with van der Waals surface area (Å²) in [4.78, 5) is 24.6. The SMILES string of the molecule is Cc1ccc(C)n1NC(=O)c1ccc(O[C@H](C)C(=O)Nc2ccc(F)cc2F)cc1. The number of nitrogens with zero attached hydrogens (tertiary/aromatic N) is 1. The number of hydrogen-bond donors (Lipinski definition) is 2. The first-order valence-electron chi connectivity index (χ1n) is 9.23. The number of rotatable bonds is 6. The van der Waals surface area contributed by atoms with Crippen molar-refractivity contribution >= 4 is 17.5 Å². The normalized spacial score (nSPS) is 11.6. The van der Waals surface area contributed by atoms with Crippen LogP contribution in [0.3, 0.4) is 0 Å². The van der Waals surface area contributed by atoms with Crippen LogP contribution in [0.2, 0.25) is 0 Å². The first kappa shape index (κ1) is 21.0. The number of benzene rings is 2. The van der Waals surface area contributed by atoms with Gasteiger partial charge in [-0.15, -0.1) is 0 Å². The Kier molecular flexibility index (Phi) is 6.15. The van der Waals surface area contributed by atoms with Crippen molar-refractivity contribution in [1.82, 2.24) is 4.68 Å². The van der Waals surface area contributed by atoms with E-state index in [0.29, 0.717) is 17.4 Å². The Hall–Kier alpha value is -3.68. The Balaban J connectivity index is 1.60. The van der Waals surface area contributed by atoms with Crippen molar-refractivity contribution in [1.29, 1.82) is 0 Å². The number of amides is 2. The molecule has 30 heavy (non-hydrogen) atoms. The zero-order valence-corrected chi connectivity index (χ0v) is 16.7. The van der Waals surface area contributed by atoms with Gasteiger partial charge < -0.3 is 10.1 Å². The number of aryl methyl sites for hydroxylation is 2. The Morgan fingerprint density at radius 1 is 0.967 bits per heavy atom. The van der Waals surface area contributed by atoms with E-state index in [4.69, 9.17) is 4.74 Å². The number of carbonyl (C=O) groups is 2. The van der Waals surface area contributed by atoms with E-state index in [9.17, 15) is 18.4 Å². The summed E-state index contributed by atoms with van der Waals surface area (Å²) in [5.74, 6) is -2.13. The first-order chi connectivity index (χ1) is 14.2. The summed E-state index contributed by atoms with van der Waals surface area (Å²) in [5, 5.41) is 2.35. The Bertz CT molecular complexity index is 1060. The van der Waals surface area contributed by atoms with Gasteiger partial charge in [-0.05, 0) is 69.3 Å². The maximum absolute atomic E-state index is 13.7. The van der Waals surface area contributed by atoms with E-state index in [1.54, 1.807) is 28.9 Å². The number of anilines is 1. The highest BCUT2D eigenvalue weighted by atomic mass is 19.1. The molecule has 0 aliphatic rings. The van der Waals surface area contributed by atoms with Crippen LogP contribution in [0.1, 0.15) is 28.7 Å². The number of aromatic nitrogens is 1. The molecule has 2 amide bonds.